The maximum atomic E-state index is 11.8. The van der Waals surface area contributed by atoms with Gasteiger partial charge in [0, 0.05) is 18.9 Å². The number of aromatic nitrogens is 1. The molecule has 4 heteroatoms. The van der Waals surface area contributed by atoms with Crippen LogP contribution in [0.4, 0.5) is 0 Å². The highest BCUT2D eigenvalue weighted by molar-refractivity contribution is 6.33. The highest BCUT2D eigenvalue weighted by Gasteiger charge is 2.14. The van der Waals surface area contributed by atoms with Gasteiger partial charge < -0.3 is 5.32 Å². The molecule has 1 aromatic rings. The summed E-state index contributed by atoms with van der Waals surface area (Å²) in [5.74, 6) is 0.778. The standard InChI is InChI=1S/C14H19ClN2O/c15-13-10-16-9-7-12(13)14(18)17-8-3-6-11-4-1-2-5-11/h7,9-11H,1-6,8H2,(H,17,18). The lowest BCUT2D eigenvalue weighted by atomic mass is 10.0. The van der Waals surface area contributed by atoms with Crippen LogP contribution in [0.2, 0.25) is 5.02 Å². The van der Waals surface area contributed by atoms with Gasteiger partial charge in [0.1, 0.15) is 0 Å². The van der Waals surface area contributed by atoms with Gasteiger partial charge in [-0.15, -0.1) is 0 Å². The first-order valence-electron chi connectivity index (χ1n) is 6.65. The molecule has 1 fully saturated rings. The minimum atomic E-state index is -0.103. The summed E-state index contributed by atoms with van der Waals surface area (Å²) in [6, 6.07) is 1.65. The third-order valence-corrected chi connectivity index (χ3v) is 3.87. The number of carbonyl (C=O) groups is 1. The van der Waals surface area contributed by atoms with Gasteiger partial charge in [0.05, 0.1) is 10.6 Å². The average molecular weight is 267 g/mol. The zero-order chi connectivity index (χ0) is 12.8. The van der Waals surface area contributed by atoms with Crippen LogP contribution in [-0.4, -0.2) is 17.4 Å². The summed E-state index contributed by atoms with van der Waals surface area (Å²) in [6.45, 7) is 0.730. The van der Waals surface area contributed by atoms with E-state index in [1.165, 1.54) is 38.3 Å². The molecular weight excluding hydrogens is 248 g/mol. The predicted octanol–water partition coefficient (Wildman–Crippen LogP) is 3.44. The lowest BCUT2D eigenvalue weighted by molar-refractivity contribution is 0.0952. The highest BCUT2D eigenvalue weighted by Crippen LogP contribution is 2.28. The second kappa shape index (κ2) is 6.74. The number of nitrogens with zero attached hydrogens (tertiary/aromatic N) is 1. The SMILES string of the molecule is O=C(NCCCC1CCCC1)c1ccncc1Cl. The van der Waals surface area contributed by atoms with E-state index in [0.717, 1.165) is 18.9 Å². The van der Waals surface area contributed by atoms with E-state index in [4.69, 9.17) is 11.6 Å². The van der Waals surface area contributed by atoms with Crippen LogP contribution in [0.1, 0.15) is 48.9 Å². The van der Waals surface area contributed by atoms with E-state index in [-0.39, 0.29) is 5.91 Å². The summed E-state index contributed by atoms with van der Waals surface area (Å²) in [4.78, 5) is 15.7. The molecule has 0 unspecified atom stereocenters. The topological polar surface area (TPSA) is 42.0 Å². The average Bonchev–Trinajstić information content (AvgIpc) is 2.88. The van der Waals surface area contributed by atoms with Crippen LogP contribution in [0.5, 0.6) is 0 Å². The molecule has 0 saturated heterocycles. The van der Waals surface area contributed by atoms with Crippen molar-refractivity contribution in [2.75, 3.05) is 6.54 Å². The third-order valence-electron chi connectivity index (χ3n) is 3.57. The molecule has 0 bridgehead atoms. The van der Waals surface area contributed by atoms with Crippen LogP contribution < -0.4 is 5.32 Å². The van der Waals surface area contributed by atoms with Gasteiger partial charge in [0.25, 0.3) is 5.91 Å². The van der Waals surface area contributed by atoms with Crippen molar-refractivity contribution in [3.8, 4) is 0 Å². The van der Waals surface area contributed by atoms with Crippen molar-refractivity contribution in [3.05, 3.63) is 29.0 Å². The molecule has 0 atom stereocenters. The number of pyridine rings is 1. The van der Waals surface area contributed by atoms with Crippen LogP contribution in [0, 0.1) is 5.92 Å². The number of halogens is 1. The van der Waals surface area contributed by atoms with E-state index in [0.29, 0.717) is 10.6 Å². The van der Waals surface area contributed by atoms with Gasteiger partial charge in [0.15, 0.2) is 0 Å². The molecule has 18 heavy (non-hydrogen) atoms. The van der Waals surface area contributed by atoms with Crippen LogP contribution in [-0.2, 0) is 0 Å². The number of hydrogen-bond donors (Lipinski definition) is 1. The zero-order valence-electron chi connectivity index (χ0n) is 10.5. The molecule has 1 aliphatic carbocycles. The largest absolute Gasteiger partial charge is 0.352 e. The summed E-state index contributed by atoms with van der Waals surface area (Å²) in [6.07, 6.45) is 10.8. The van der Waals surface area contributed by atoms with E-state index in [9.17, 15) is 4.79 Å². The van der Waals surface area contributed by atoms with Crippen molar-refractivity contribution in [1.82, 2.24) is 10.3 Å². The fourth-order valence-electron chi connectivity index (χ4n) is 2.55. The van der Waals surface area contributed by atoms with Crippen molar-refractivity contribution in [2.24, 2.45) is 5.92 Å². The Morgan fingerprint density at radius 3 is 2.94 bits per heavy atom. The first-order chi connectivity index (χ1) is 8.77. The van der Waals surface area contributed by atoms with Crippen molar-refractivity contribution in [2.45, 2.75) is 38.5 Å². The summed E-state index contributed by atoms with van der Waals surface area (Å²) < 4.78 is 0. The van der Waals surface area contributed by atoms with Crippen LogP contribution in [0.25, 0.3) is 0 Å². The second-order valence-corrected chi connectivity index (χ2v) is 5.31. The van der Waals surface area contributed by atoms with Gasteiger partial charge in [-0.2, -0.15) is 0 Å². The van der Waals surface area contributed by atoms with Gasteiger partial charge in [-0.05, 0) is 24.8 Å². The van der Waals surface area contributed by atoms with Crippen molar-refractivity contribution in [1.29, 1.82) is 0 Å². The van der Waals surface area contributed by atoms with Gasteiger partial charge in [0.2, 0.25) is 0 Å². The second-order valence-electron chi connectivity index (χ2n) is 4.90. The van der Waals surface area contributed by atoms with Crippen molar-refractivity contribution < 1.29 is 4.79 Å². The van der Waals surface area contributed by atoms with Crippen LogP contribution in [0.15, 0.2) is 18.5 Å². The first kappa shape index (κ1) is 13.3. The Labute approximate surface area is 113 Å². The van der Waals surface area contributed by atoms with Crippen molar-refractivity contribution in [3.63, 3.8) is 0 Å². The quantitative estimate of drug-likeness (QED) is 0.830. The van der Waals surface area contributed by atoms with Gasteiger partial charge in [-0.1, -0.05) is 37.3 Å². The Morgan fingerprint density at radius 1 is 1.44 bits per heavy atom. The Bertz CT molecular complexity index is 403. The van der Waals surface area contributed by atoms with E-state index >= 15 is 0 Å². The zero-order valence-corrected chi connectivity index (χ0v) is 11.2. The highest BCUT2D eigenvalue weighted by atomic mass is 35.5. The maximum absolute atomic E-state index is 11.8. The van der Waals surface area contributed by atoms with Gasteiger partial charge in [-0.25, -0.2) is 0 Å². The molecule has 0 radical (unpaired) electrons. The molecule has 1 heterocycles. The van der Waals surface area contributed by atoms with Crippen molar-refractivity contribution >= 4 is 17.5 Å². The third kappa shape index (κ3) is 3.70. The molecule has 1 aromatic heterocycles. The van der Waals surface area contributed by atoms with Gasteiger partial charge >= 0.3 is 0 Å². The summed E-state index contributed by atoms with van der Waals surface area (Å²) >= 11 is 5.91. The van der Waals surface area contributed by atoms with Crippen LogP contribution in [0.3, 0.4) is 0 Å². The fraction of sp³-hybridized carbons (Fsp3) is 0.571. The number of amides is 1. The summed E-state index contributed by atoms with van der Waals surface area (Å²) in [7, 11) is 0. The number of rotatable bonds is 5. The molecule has 98 valence electrons. The molecular formula is C14H19ClN2O. The maximum Gasteiger partial charge on any atom is 0.252 e. The molecule has 0 aliphatic heterocycles. The smallest absolute Gasteiger partial charge is 0.252 e. The molecule has 3 nitrogen and oxygen atoms in total. The number of carbonyl (C=O) groups excluding carboxylic acids is 1. The van der Waals surface area contributed by atoms with E-state index < -0.39 is 0 Å². The fourth-order valence-corrected chi connectivity index (χ4v) is 2.75. The number of nitrogens with one attached hydrogen (secondary N) is 1. The Hall–Kier alpha value is -1.09. The first-order valence-corrected chi connectivity index (χ1v) is 7.03. The molecule has 0 spiro atoms. The Morgan fingerprint density at radius 2 is 2.22 bits per heavy atom. The normalized spacial score (nSPS) is 15.8. The van der Waals surface area contributed by atoms with E-state index in [2.05, 4.69) is 10.3 Å². The van der Waals surface area contributed by atoms with Gasteiger partial charge in [-0.3, -0.25) is 9.78 Å². The summed E-state index contributed by atoms with van der Waals surface area (Å²) in [5.41, 5.74) is 0.507. The molecule has 1 aliphatic rings. The molecule has 2 rings (SSSR count). The molecule has 0 aromatic carbocycles. The van der Waals surface area contributed by atoms with E-state index in [1.54, 1.807) is 12.3 Å². The Kier molecular flexibility index (Phi) is 5.00. The minimum Gasteiger partial charge on any atom is -0.352 e. The van der Waals surface area contributed by atoms with Crippen LogP contribution >= 0.6 is 11.6 Å². The Balaban J connectivity index is 1.70. The molecule has 1 saturated carbocycles. The molecule has 1 amide bonds. The minimum absolute atomic E-state index is 0.103. The predicted molar refractivity (Wildman–Crippen MR) is 72.8 cm³/mol. The monoisotopic (exact) mass is 266 g/mol. The summed E-state index contributed by atoms with van der Waals surface area (Å²) in [5, 5.41) is 3.32. The lowest BCUT2D eigenvalue weighted by Crippen LogP contribution is -2.25. The van der Waals surface area contributed by atoms with E-state index in [1.807, 2.05) is 0 Å². The lowest BCUT2D eigenvalue weighted by Gasteiger charge is -2.09. The molecule has 1 N–H and O–H groups in total. The number of hydrogen-bond acceptors (Lipinski definition) is 2.